The first-order valence-corrected chi connectivity index (χ1v) is 2.98. The van der Waals surface area contributed by atoms with E-state index in [0.29, 0.717) is 12.4 Å². The highest BCUT2D eigenvalue weighted by Gasteiger charge is 1.86. The van der Waals surface area contributed by atoms with Gasteiger partial charge in [-0.25, -0.2) is 4.79 Å². The van der Waals surface area contributed by atoms with Crippen LogP contribution in [0.4, 0.5) is 4.79 Å². The second kappa shape index (κ2) is 5.44. The number of halogens is 1. The Labute approximate surface area is 58.3 Å². The van der Waals surface area contributed by atoms with Crippen LogP contribution in [-0.2, 0) is 0 Å². The van der Waals surface area contributed by atoms with Gasteiger partial charge in [0.2, 0.25) is 0 Å². The van der Waals surface area contributed by atoms with E-state index < -0.39 is 6.09 Å². The SMILES string of the molecule is O=C(O)NC/C=C\CCl. The van der Waals surface area contributed by atoms with Crippen molar-refractivity contribution in [1.82, 2.24) is 5.32 Å². The van der Waals surface area contributed by atoms with E-state index >= 15 is 0 Å². The van der Waals surface area contributed by atoms with Gasteiger partial charge in [-0.1, -0.05) is 12.2 Å². The Bertz CT molecular complexity index is 114. The molecule has 0 atom stereocenters. The molecule has 0 fully saturated rings. The molecule has 0 aliphatic heterocycles. The molecule has 0 saturated carbocycles. The average molecular weight is 150 g/mol. The van der Waals surface area contributed by atoms with Gasteiger partial charge >= 0.3 is 6.09 Å². The predicted octanol–water partition coefficient (Wildman–Crippen LogP) is 1.05. The smallest absolute Gasteiger partial charge is 0.404 e. The summed E-state index contributed by atoms with van der Waals surface area (Å²) in [6.45, 7) is 0.321. The molecule has 0 aromatic carbocycles. The van der Waals surface area contributed by atoms with Crippen molar-refractivity contribution in [3.8, 4) is 0 Å². The van der Waals surface area contributed by atoms with Gasteiger partial charge in [0.05, 0.1) is 0 Å². The molecule has 0 radical (unpaired) electrons. The van der Waals surface area contributed by atoms with E-state index in [9.17, 15) is 4.79 Å². The zero-order valence-corrected chi connectivity index (χ0v) is 5.56. The Hall–Kier alpha value is -0.700. The van der Waals surface area contributed by atoms with Gasteiger partial charge in [0, 0.05) is 12.4 Å². The number of allylic oxidation sites excluding steroid dienone is 1. The van der Waals surface area contributed by atoms with Gasteiger partial charge in [-0.05, 0) is 0 Å². The van der Waals surface area contributed by atoms with Crippen molar-refractivity contribution in [1.29, 1.82) is 0 Å². The Morgan fingerprint density at radius 3 is 2.78 bits per heavy atom. The van der Waals surface area contributed by atoms with Crippen LogP contribution in [0.15, 0.2) is 12.2 Å². The van der Waals surface area contributed by atoms with Gasteiger partial charge in [-0.15, -0.1) is 11.6 Å². The molecule has 0 aromatic heterocycles. The van der Waals surface area contributed by atoms with Crippen molar-refractivity contribution in [3.05, 3.63) is 12.2 Å². The van der Waals surface area contributed by atoms with Crippen LogP contribution in [0.2, 0.25) is 0 Å². The Morgan fingerprint density at radius 1 is 1.67 bits per heavy atom. The van der Waals surface area contributed by atoms with E-state index in [0.717, 1.165) is 0 Å². The second-order valence-corrected chi connectivity index (χ2v) is 1.62. The number of alkyl halides is 1. The summed E-state index contributed by atoms with van der Waals surface area (Å²) in [7, 11) is 0. The largest absolute Gasteiger partial charge is 0.465 e. The Kier molecular flexibility index (Phi) is 5.01. The van der Waals surface area contributed by atoms with E-state index in [1.807, 2.05) is 0 Å². The van der Waals surface area contributed by atoms with Crippen LogP contribution < -0.4 is 5.32 Å². The summed E-state index contributed by atoms with van der Waals surface area (Å²) in [5, 5.41) is 10.2. The number of carbonyl (C=O) groups is 1. The van der Waals surface area contributed by atoms with Crippen LogP contribution in [0.3, 0.4) is 0 Å². The van der Waals surface area contributed by atoms with Crippen LogP contribution >= 0.6 is 11.6 Å². The highest BCUT2D eigenvalue weighted by molar-refractivity contribution is 6.18. The summed E-state index contributed by atoms with van der Waals surface area (Å²) >= 11 is 5.25. The fourth-order valence-corrected chi connectivity index (χ4v) is 0.419. The third kappa shape index (κ3) is 7.30. The lowest BCUT2D eigenvalue weighted by Crippen LogP contribution is -2.20. The molecule has 0 aliphatic carbocycles. The predicted molar refractivity (Wildman–Crippen MR) is 35.9 cm³/mol. The molecule has 0 unspecified atom stereocenters. The van der Waals surface area contributed by atoms with E-state index in [1.54, 1.807) is 12.2 Å². The lowest BCUT2D eigenvalue weighted by atomic mass is 10.5. The van der Waals surface area contributed by atoms with Crippen molar-refractivity contribution in [2.75, 3.05) is 12.4 Å². The Balaban J connectivity index is 3.09. The second-order valence-electron chi connectivity index (χ2n) is 1.31. The molecule has 1 amide bonds. The topological polar surface area (TPSA) is 49.3 Å². The number of rotatable bonds is 3. The fourth-order valence-electron chi connectivity index (χ4n) is 0.293. The van der Waals surface area contributed by atoms with Gasteiger partial charge in [0.25, 0.3) is 0 Å². The number of hydrogen-bond donors (Lipinski definition) is 2. The monoisotopic (exact) mass is 149 g/mol. The average Bonchev–Trinajstić information content (AvgIpc) is 1.80. The molecule has 0 aromatic rings. The van der Waals surface area contributed by atoms with Crippen molar-refractivity contribution in [2.45, 2.75) is 0 Å². The highest BCUT2D eigenvalue weighted by atomic mass is 35.5. The summed E-state index contributed by atoms with van der Waals surface area (Å²) in [5.74, 6) is 0.418. The fraction of sp³-hybridized carbons (Fsp3) is 0.400. The van der Waals surface area contributed by atoms with E-state index in [2.05, 4.69) is 5.32 Å². The highest BCUT2D eigenvalue weighted by Crippen LogP contribution is 1.75. The molecule has 0 saturated heterocycles. The maximum Gasteiger partial charge on any atom is 0.404 e. The zero-order chi connectivity index (χ0) is 7.11. The van der Waals surface area contributed by atoms with Gasteiger partial charge in [-0.2, -0.15) is 0 Å². The molecule has 0 bridgehead atoms. The molecule has 9 heavy (non-hydrogen) atoms. The van der Waals surface area contributed by atoms with Crippen molar-refractivity contribution in [2.24, 2.45) is 0 Å². The van der Waals surface area contributed by atoms with Crippen LogP contribution in [-0.4, -0.2) is 23.6 Å². The van der Waals surface area contributed by atoms with Crippen molar-refractivity contribution >= 4 is 17.7 Å². The normalized spacial score (nSPS) is 9.89. The summed E-state index contributed by atoms with van der Waals surface area (Å²) in [6.07, 6.45) is 2.31. The summed E-state index contributed by atoms with van der Waals surface area (Å²) in [4.78, 5) is 9.78. The summed E-state index contributed by atoms with van der Waals surface area (Å²) in [6, 6.07) is 0. The van der Waals surface area contributed by atoms with Gasteiger partial charge < -0.3 is 10.4 Å². The third-order valence-corrected chi connectivity index (χ3v) is 0.805. The molecule has 52 valence electrons. The zero-order valence-electron chi connectivity index (χ0n) is 4.80. The van der Waals surface area contributed by atoms with E-state index in [-0.39, 0.29) is 0 Å². The van der Waals surface area contributed by atoms with Crippen molar-refractivity contribution < 1.29 is 9.90 Å². The number of carboxylic acid groups (broad SMARTS) is 1. The Morgan fingerprint density at radius 2 is 2.33 bits per heavy atom. The number of amides is 1. The molecular weight excluding hydrogens is 142 g/mol. The minimum Gasteiger partial charge on any atom is -0.465 e. The van der Waals surface area contributed by atoms with Crippen LogP contribution in [0.1, 0.15) is 0 Å². The molecule has 0 heterocycles. The first-order chi connectivity index (χ1) is 4.27. The summed E-state index contributed by atoms with van der Waals surface area (Å²) < 4.78 is 0. The minimum absolute atomic E-state index is 0.321. The van der Waals surface area contributed by atoms with Crippen LogP contribution in [0, 0.1) is 0 Å². The van der Waals surface area contributed by atoms with E-state index in [4.69, 9.17) is 16.7 Å². The summed E-state index contributed by atoms with van der Waals surface area (Å²) in [5.41, 5.74) is 0. The van der Waals surface area contributed by atoms with Crippen molar-refractivity contribution in [3.63, 3.8) is 0 Å². The molecule has 4 heteroatoms. The molecule has 0 rings (SSSR count). The van der Waals surface area contributed by atoms with Gasteiger partial charge in [0.1, 0.15) is 0 Å². The quantitative estimate of drug-likeness (QED) is 0.466. The molecule has 2 N–H and O–H groups in total. The minimum atomic E-state index is -1.02. The lowest BCUT2D eigenvalue weighted by molar-refractivity contribution is 0.195. The van der Waals surface area contributed by atoms with Gasteiger partial charge in [-0.3, -0.25) is 0 Å². The maximum absolute atomic E-state index is 9.78. The van der Waals surface area contributed by atoms with Crippen LogP contribution in [0.5, 0.6) is 0 Å². The molecular formula is C5H8ClNO2. The van der Waals surface area contributed by atoms with E-state index in [1.165, 1.54) is 0 Å². The first kappa shape index (κ1) is 8.30. The van der Waals surface area contributed by atoms with Crippen LogP contribution in [0.25, 0.3) is 0 Å². The number of hydrogen-bond acceptors (Lipinski definition) is 1. The molecule has 3 nitrogen and oxygen atoms in total. The van der Waals surface area contributed by atoms with Gasteiger partial charge in [0.15, 0.2) is 0 Å². The molecule has 0 aliphatic rings. The standard InChI is InChI=1S/C5H8ClNO2/c6-3-1-2-4-7-5(8)9/h1-2,7H,3-4H2,(H,8,9)/b2-1-. The maximum atomic E-state index is 9.78. The lowest BCUT2D eigenvalue weighted by Gasteiger charge is -1.90. The first-order valence-electron chi connectivity index (χ1n) is 2.45. The molecule has 0 spiro atoms. The third-order valence-electron chi connectivity index (χ3n) is 0.627. The number of nitrogens with one attached hydrogen (secondary N) is 1.